The van der Waals surface area contributed by atoms with Crippen LogP contribution in [0.3, 0.4) is 0 Å². The molecular formula is C13H17BrFNO. The standard InChI is InChI=1S/C13H17BrFNO/c1-10-8-11(14)13(12(15)9-10)17-7-6-16-4-2-3-5-16/h8-9H,2-7H2,1H3. The number of nitrogens with zero attached hydrogens (tertiary/aromatic N) is 1. The molecule has 0 N–H and O–H groups in total. The summed E-state index contributed by atoms with van der Waals surface area (Å²) in [5, 5.41) is 0. The zero-order chi connectivity index (χ0) is 12.3. The van der Waals surface area contributed by atoms with E-state index in [-0.39, 0.29) is 5.82 Å². The third-order valence-electron chi connectivity index (χ3n) is 3.00. The van der Waals surface area contributed by atoms with Crippen molar-refractivity contribution in [2.24, 2.45) is 0 Å². The first-order valence-corrected chi connectivity index (χ1v) is 6.77. The average molecular weight is 302 g/mol. The van der Waals surface area contributed by atoms with Crippen LogP contribution >= 0.6 is 15.9 Å². The summed E-state index contributed by atoms with van der Waals surface area (Å²) in [6.45, 7) is 5.56. The molecule has 0 saturated carbocycles. The molecule has 0 spiro atoms. The van der Waals surface area contributed by atoms with Gasteiger partial charge in [-0.05, 0) is 66.5 Å². The van der Waals surface area contributed by atoms with Crippen LogP contribution < -0.4 is 4.74 Å². The number of benzene rings is 1. The molecule has 1 fully saturated rings. The lowest BCUT2D eigenvalue weighted by molar-refractivity contribution is 0.230. The summed E-state index contributed by atoms with van der Waals surface area (Å²) in [6.07, 6.45) is 2.53. The molecule has 0 atom stereocenters. The second kappa shape index (κ2) is 5.83. The quantitative estimate of drug-likeness (QED) is 0.845. The highest BCUT2D eigenvalue weighted by Gasteiger charge is 2.13. The third kappa shape index (κ3) is 3.42. The van der Waals surface area contributed by atoms with Crippen molar-refractivity contribution >= 4 is 15.9 Å². The number of likely N-dealkylation sites (tertiary alicyclic amines) is 1. The van der Waals surface area contributed by atoms with E-state index < -0.39 is 0 Å². The molecule has 17 heavy (non-hydrogen) atoms. The molecule has 1 heterocycles. The van der Waals surface area contributed by atoms with Gasteiger partial charge in [-0.25, -0.2) is 4.39 Å². The lowest BCUT2D eigenvalue weighted by Crippen LogP contribution is -2.25. The van der Waals surface area contributed by atoms with E-state index in [9.17, 15) is 4.39 Å². The largest absolute Gasteiger partial charge is 0.488 e. The van der Waals surface area contributed by atoms with E-state index in [1.165, 1.54) is 18.9 Å². The number of ether oxygens (including phenoxy) is 1. The van der Waals surface area contributed by atoms with E-state index in [0.717, 1.165) is 25.2 Å². The first-order chi connectivity index (χ1) is 8.16. The predicted octanol–water partition coefficient (Wildman–Crippen LogP) is 3.37. The van der Waals surface area contributed by atoms with Gasteiger partial charge in [-0.2, -0.15) is 0 Å². The molecule has 0 radical (unpaired) electrons. The summed E-state index contributed by atoms with van der Waals surface area (Å²) in [7, 11) is 0. The molecule has 2 nitrogen and oxygen atoms in total. The van der Waals surface area contributed by atoms with Gasteiger partial charge < -0.3 is 4.74 Å². The fraction of sp³-hybridized carbons (Fsp3) is 0.538. The Bertz CT molecular complexity index is 368. The van der Waals surface area contributed by atoms with Gasteiger partial charge in [0, 0.05) is 6.54 Å². The molecule has 1 aromatic rings. The van der Waals surface area contributed by atoms with Gasteiger partial charge in [0.15, 0.2) is 11.6 Å². The van der Waals surface area contributed by atoms with Crippen LogP contribution in [0.25, 0.3) is 0 Å². The van der Waals surface area contributed by atoms with Gasteiger partial charge >= 0.3 is 0 Å². The Labute approximate surface area is 110 Å². The Morgan fingerprint density at radius 1 is 1.35 bits per heavy atom. The van der Waals surface area contributed by atoms with E-state index in [2.05, 4.69) is 20.8 Å². The molecule has 0 unspecified atom stereocenters. The molecule has 0 amide bonds. The maximum absolute atomic E-state index is 13.6. The van der Waals surface area contributed by atoms with Gasteiger partial charge in [-0.15, -0.1) is 0 Å². The molecule has 1 aliphatic rings. The van der Waals surface area contributed by atoms with Crippen LogP contribution in [0.2, 0.25) is 0 Å². The lowest BCUT2D eigenvalue weighted by atomic mass is 10.2. The summed E-state index contributed by atoms with van der Waals surface area (Å²) >= 11 is 3.33. The van der Waals surface area contributed by atoms with Crippen molar-refractivity contribution in [2.75, 3.05) is 26.2 Å². The fourth-order valence-corrected chi connectivity index (χ4v) is 2.77. The summed E-state index contributed by atoms with van der Waals surface area (Å²) in [6, 6.07) is 3.37. The molecule has 0 aliphatic carbocycles. The Balaban J connectivity index is 1.89. The first kappa shape index (κ1) is 12.8. The van der Waals surface area contributed by atoms with Crippen LogP contribution in [0, 0.1) is 12.7 Å². The second-order valence-corrected chi connectivity index (χ2v) is 5.31. The fourth-order valence-electron chi connectivity index (χ4n) is 2.11. The van der Waals surface area contributed by atoms with Gasteiger partial charge in [0.1, 0.15) is 6.61 Å². The average Bonchev–Trinajstić information content (AvgIpc) is 2.74. The zero-order valence-corrected chi connectivity index (χ0v) is 11.6. The molecule has 1 aromatic carbocycles. The Hall–Kier alpha value is -0.610. The van der Waals surface area contributed by atoms with Crippen molar-refractivity contribution in [3.63, 3.8) is 0 Å². The third-order valence-corrected chi connectivity index (χ3v) is 3.58. The summed E-state index contributed by atoms with van der Waals surface area (Å²) in [4.78, 5) is 2.35. The van der Waals surface area contributed by atoms with E-state index >= 15 is 0 Å². The number of halogens is 2. The number of hydrogen-bond donors (Lipinski definition) is 0. The van der Waals surface area contributed by atoms with E-state index in [1.807, 2.05) is 13.0 Å². The van der Waals surface area contributed by atoms with E-state index in [0.29, 0.717) is 16.8 Å². The highest BCUT2D eigenvalue weighted by atomic mass is 79.9. The van der Waals surface area contributed by atoms with Crippen molar-refractivity contribution in [3.05, 3.63) is 28.0 Å². The molecule has 94 valence electrons. The molecule has 4 heteroatoms. The molecule has 1 saturated heterocycles. The maximum Gasteiger partial charge on any atom is 0.169 e. The smallest absolute Gasteiger partial charge is 0.169 e. The van der Waals surface area contributed by atoms with Crippen molar-refractivity contribution in [1.29, 1.82) is 0 Å². The van der Waals surface area contributed by atoms with Crippen LogP contribution in [0.15, 0.2) is 16.6 Å². The molecular weight excluding hydrogens is 285 g/mol. The lowest BCUT2D eigenvalue weighted by Gasteiger charge is -2.16. The predicted molar refractivity (Wildman–Crippen MR) is 70.0 cm³/mol. The normalized spacial score (nSPS) is 16.4. The summed E-state index contributed by atoms with van der Waals surface area (Å²) < 4.78 is 19.9. The van der Waals surface area contributed by atoms with Gasteiger partial charge in [0.25, 0.3) is 0 Å². The van der Waals surface area contributed by atoms with Crippen LogP contribution in [-0.2, 0) is 0 Å². The monoisotopic (exact) mass is 301 g/mol. The minimum absolute atomic E-state index is 0.293. The number of aryl methyl sites for hydroxylation is 1. The van der Waals surface area contributed by atoms with Gasteiger partial charge in [0.2, 0.25) is 0 Å². The SMILES string of the molecule is Cc1cc(F)c(OCCN2CCCC2)c(Br)c1. The molecule has 0 aromatic heterocycles. The van der Waals surface area contributed by atoms with Gasteiger partial charge in [-0.1, -0.05) is 0 Å². The Morgan fingerprint density at radius 3 is 2.71 bits per heavy atom. The Morgan fingerprint density at radius 2 is 2.06 bits per heavy atom. The van der Waals surface area contributed by atoms with Gasteiger partial charge in [0.05, 0.1) is 4.47 Å². The maximum atomic E-state index is 13.6. The first-order valence-electron chi connectivity index (χ1n) is 5.97. The molecule has 1 aliphatic heterocycles. The minimum atomic E-state index is -0.293. The molecule has 2 rings (SSSR count). The summed E-state index contributed by atoms with van der Waals surface area (Å²) in [5.41, 5.74) is 0.890. The minimum Gasteiger partial charge on any atom is -0.488 e. The van der Waals surface area contributed by atoms with Gasteiger partial charge in [-0.3, -0.25) is 4.90 Å². The summed E-state index contributed by atoms with van der Waals surface area (Å²) in [5.74, 6) is 0.0353. The van der Waals surface area contributed by atoms with Crippen molar-refractivity contribution in [2.45, 2.75) is 19.8 Å². The number of rotatable bonds is 4. The Kier molecular flexibility index (Phi) is 4.40. The van der Waals surface area contributed by atoms with E-state index in [1.54, 1.807) is 0 Å². The van der Waals surface area contributed by atoms with Crippen LogP contribution in [0.5, 0.6) is 5.75 Å². The zero-order valence-electron chi connectivity index (χ0n) is 10.0. The van der Waals surface area contributed by atoms with Crippen molar-refractivity contribution in [3.8, 4) is 5.75 Å². The van der Waals surface area contributed by atoms with E-state index in [4.69, 9.17) is 4.74 Å². The topological polar surface area (TPSA) is 12.5 Å². The van der Waals surface area contributed by atoms with Crippen LogP contribution in [0.4, 0.5) is 4.39 Å². The highest BCUT2D eigenvalue weighted by molar-refractivity contribution is 9.10. The van der Waals surface area contributed by atoms with Crippen molar-refractivity contribution in [1.82, 2.24) is 4.90 Å². The molecule has 0 bridgehead atoms. The van der Waals surface area contributed by atoms with Crippen LogP contribution in [0.1, 0.15) is 18.4 Å². The highest BCUT2D eigenvalue weighted by Crippen LogP contribution is 2.29. The second-order valence-electron chi connectivity index (χ2n) is 4.45. The van der Waals surface area contributed by atoms with Crippen LogP contribution in [-0.4, -0.2) is 31.1 Å². The number of hydrogen-bond acceptors (Lipinski definition) is 2. The van der Waals surface area contributed by atoms with Crippen molar-refractivity contribution < 1.29 is 9.13 Å².